The minimum Gasteiger partial charge on any atom is -0.481 e. The van der Waals surface area contributed by atoms with Crippen LogP contribution in [-0.4, -0.2) is 6.61 Å². The van der Waals surface area contributed by atoms with Gasteiger partial charge >= 0.3 is 0 Å². The van der Waals surface area contributed by atoms with Crippen LogP contribution in [0.1, 0.15) is 5.56 Å². The highest BCUT2D eigenvalue weighted by Gasteiger charge is 1.90. The standard InChI is InChI=1S/C11H10O/c1-3-9-12-11-7-5-10(4-2)6-8-11/h1,4-8H,2,9H2. The van der Waals surface area contributed by atoms with E-state index in [9.17, 15) is 0 Å². The van der Waals surface area contributed by atoms with Gasteiger partial charge in [-0.05, 0) is 17.7 Å². The van der Waals surface area contributed by atoms with E-state index >= 15 is 0 Å². The van der Waals surface area contributed by atoms with Crippen LogP contribution >= 0.6 is 0 Å². The molecule has 0 aliphatic carbocycles. The number of ether oxygens (including phenoxy) is 1. The van der Waals surface area contributed by atoms with E-state index in [1.807, 2.05) is 24.3 Å². The SMILES string of the molecule is C#CCOc1ccc(C=C)cc1. The van der Waals surface area contributed by atoms with E-state index in [-0.39, 0.29) is 0 Å². The Morgan fingerprint density at radius 1 is 1.42 bits per heavy atom. The van der Waals surface area contributed by atoms with Crippen molar-refractivity contribution >= 4 is 6.08 Å². The Kier molecular flexibility index (Phi) is 2.98. The Balaban J connectivity index is 2.66. The molecule has 0 heterocycles. The maximum atomic E-state index is 5.18. The van der Waals surface area contributed by atoms with Crippen molar-refractivity contribution < 1.29 is 4.74 Å². The molecule has 0 aromatic heterocycles. The van der Waals surface area contributed by atoms with Crippen LogP contribution in [0.15, 0.2) is 30.8 Å². The first-order valence-corrected chi connectivity index (χ1v) is 3.65. The maximum Gasteiger partial charge on any atom is 0.148 e. The van der Waals surface area contributed by atoms with Gasteiger partial charge in [-0.2, -0.15) is 0 Å². The average molecular weight is 158 g/mol. The monoisotopic (exact) mass is 158 g/mol. The van der Waals surface area contributed by atoms with Crippen LogP contribution in [0.4, 0.5) is 0 Å². The molecule has 0 radical (unpaired) electrons. The summed E-state index contributed by atoms with van der Waals surface area (Å²) in [5.74, 6) is 3.19. The zero-order chi connectivity index (χ0) is 8.81. The smallest absolute Gasteiger partial charge is 0.148 e. The summed E-state index contributed by atoms with van der Waals surface area (Å²) in [6.07, 6.45) is 6.82. The summed E-state index contributed by atoms with van der Waals surface area (Å²) in [5.41, 5.74) is 1.07. The van der Waals surface area contributed by atoms with Gasteiger partial charge in [0.2, 0.25) is 0 Å². The molecule has 0 unspecified atom stereocenters. The number of benzene rings is 1. The molecule has 0 saturated carbocycles. The molecule has 60 valence electrons. The summed E-state index contributed by atoms with van der Waals surface area (Å²) >= 11 is 0. The highest BCUT2D eigenvalue weighted by atomic mass is 16.5. The van der Waals surface area contributed by atoms with Crippen molar-refractivity contribution in [3.8, 4) is 18.1 Å². The van der Waals surface area contributed by atoms with Crippen molar-refractivity contribution in [2.45, 2.75) is 0 Å². The van der Waals surface area contributed by atoms with E-state index in [0.717, 1.165) is 11.3 Å². The summed E-state index contributed by atoms with van der Waals surface area (Å²) < 4.78 is 5.18. The van der Waals surface area contributed by atoms with Gasteiger partial charge in [0.1, 0.15) is 12.4 Å². The fraction of sp³-hybridized carbons (Fsp3) is 0.0909. The second-order valence-corrected chi connectivity index (χ2v) is 2.27. The van der Waals surface area contributed by atoms with Crippen molar-refractivity contribution in [1.29, 1.82) is 0 Å². The van der Waals surface area contributed by atoms with Gasteiger partial charge in [0.15, 0.2) is 0 Å². The second kappa shape index (κ2) is 4.25. The van der Waals surface area contributed by atoms with Crippen molar-refractivity contribution in [2.24, 2.45) is 0 Å². The van der Waals surface area contributed by atoms with Gasteiger partial charge in [0, 0.05) is 0 Å². The number of terminal acetylenes is 1. The van der Waals surface area contributed by atoms with Gasteiger partial charge in [0.05, 0.1) is 0 Å². The largest absolute Gasteiger partial charge is 0.481 e. The van der Waals surface area contributed by atoms with Crippen LogP contribution in [0.5, 0.6) is 5.75 Å². The fourth-order valence-electron chi connectivity index (χ4n) is 0.825. The molecule has 0 bridgehead atoms. The molecule has 1 rings (SSSR count). The first kappa shape index (κ1) is 8.42. The molecule has 0 N–H and O–H groups in total. The van der Waals surface area contributed by atoms with Crippen molar-refractivity contribution in [3.63, 3.8) is 0 Å². The summed E-state index contributed by atoms with van der Waals surface area (Å²) in [4.78, 5) is 0. The molecule has 0 aliphatic heterocycles. The third-order valence-corrected chi connectivity index (χ3v) is 1.44. The van der Waals surface area contributed by atoms with Crippen molar-refractivity contribution in [3.05, 3.63) is 36.4 Å². The molecule has 0 saturated heterocycles. The Labute approximate surface area is 72.7 Å². The predicted molar refractivity (Wildman–Crippen MR) is 50.9 cm³/mol. The lowest BCUT2D eigenvalue weighted by Crippen LogP contribution is -1.92. The molecule has 12 heavy (non-hydrogen) atoms. The first-order chi connectivity index (χ1) is 5.86. The van der Waals surface area contributed by atoms with E-state index < -0.39 is 0 Å². The lowest BCUT2D eigenvalue weighted by Gasteiger charge is -2.01. The Morgan fingerprint density at radius 3 is 2.58 bits per heavy atom. The minimum absolute atomic E-state index is 0.313. The van der Waals surface area contributed by atoms with Gasteiger partial charge in [0.25, 0.3) is 0 Å². The Morgan fingerprint density at radius 2 is 2.08 bits per heavy atom. The zero-order valence-electron chi connectivity index (χ0n) is 6.79. The van der Waals surface area contributed by atoms with E-state index in [0.29, 0.717) is 6.61 Å². The van der Waals surface area contributed by atoms with Crippen LogP contribution in [0.2, 0.25) is 0 Å². The molecule has 1 aromatic rings. The third-order valence-electron chi connectivity index (χ3n) is 1.44. The number of hydrogen-bond acceptors (Lipinski definition) is 1. The predicted octanol–water partition coefficient (Wildman–Crippen LogP) is 2.34. The fourth-order valence-corrected chi connectivity index (χ4v) is 0.825. The lowest BCUT2D eigenvalue weighted by molar-refractivity contribution is 0.370. The summed E-state index contributed by atoms with van der Waals surface area (Å²) in [6, 6.07) is 7.60. The first-order valence-electron chi connectivity index (χ1n) is 3.65. The molecule has 0 atom stereocenters. The van der Waals surface area contributed by atoms with Gasteiger partial charge in [-0.3, -0.25) is 0 Å². The highest BCUT2D eigenvalue weighted by Crippen LogP contribution is 2.12. The topological polar surface area (TPSA) is 9.23 Å². The van der Waals surface area contributed by atoms with E-state index in [1.54, 1.807) is 6.08 Å². The minimum atomic E-state index is 0.313. The summed E-state index contributed by atoms with van der Waals surface area (Å²) in [7, 11) is 0. The van der Waals surface area contributed by atoms with Crippen LogP contribution in [0.25, 0.3) is 6.08 Å². The third kappa shape index (κ3) is 2.17. The normalized spacial score (nSPS) is 8.58. The van der Waals surface area contributed by atoms with Crippen molar-refractivity contribution in [2.75, 3.05) is 6.61 Å². The van der Waals surface area contributed by atoms with E-state index in [1.165, 1.54) is 0 Å². The van der Waals surface area contributed by atoms with Gasteiger partial charge in [-0.1, -0.05) is 30.7 Å². The molecule has 1 nitrogen and oxygen atoms in total. The highest BCUT2D eigenvalue weighted by molar-refractivity contribution is 5.48. The molecular weight excluding hydrogens is 148 g/mol. The maximum absolute atomic E-state index is 5.18. The van der Waals surface area contributed by atoms with Gasteiger partial charge < -0.3 is 4.74 Å². The van der Waals surface area contributed by atoms with E-state index in [4.69, 9.17) is 11.2 Å². The molecular formula is C11H10O. The number of rotatable bonds is 3. The Bertz CT molecular complexity index is 290. The van der Waals surface area contributed by atoms with Crippen LogP contribution < -0.4 is 4.74 Å². The molecule has 0 fully saturated rings. The molecule has 0 amide bonds. The van der Waals surface area contributed by atoms with Crippen molar-refractivity contribution in [1.82, 2.24) is 0 Å². The van der Waals surface area contributed by atoms with E-state index in [2.05, 4.69) is 12.5 Å². The molecule has 0 aliphatic rings. The molecule has 0 spiro atoms. The quantitative estimate of drug-likeness (QED) is 0.613. The van der Waals surface area contributed by atoms with Crippen LogP contribution in [-0.2, 0) is 0 Å². The average Bonchev–Trinajstić information content (AvgIpc) is 2.15. The molecule has 1 heteroatoms. The number of hydrogen-bond donors (Lipinski definition) is 0. The summed E-state index contributed by atoms with van der Waals surface area (Å²) in [5, 5.41) is 0. The van der Waals surface area contributed by atoms with Crippen LogP contribution in [0, 0.1) is 12.3 Å². The molecule has 1 aromatic carbocycles. The summed E-state index contributed by atoms with van der Waals surface area (Å²) in [6.45, 7) is 3.96. The second-order valence-electron chi connectivity index (χ2n) is 2.27. The van der Waals surface area contributed by atoms with Gasteiger partial charge in [-0.25, -0.2) is 0 Å². The lowest BCUT2D eigenvalue weighted by atomic mass is 10.2. The van der Waals surface area contributed by atoms with Crippen LogP contribution in [0.3, 0.4) is 0 Å². The Hall–Kier alpha value is -1.68. The van der Waals surface area contributed by atoms with Gasteiger partial charge in [-0.15, -0.1) is 6.42 Å². The zero-order valence-corrected chi connectivity index (χ0v) is 6.79.